The van der Waals surface area contributed by atoms with Gasteiger partial charge in [-0.2, -0.15) is 0 Å². The van der Waals surface area contributed by atoms with E-state index in [4.69, 9.17) is 4.74 Å². The van der Waals surface area contributed by atoms with Gasteiger partial charge in [-0.3, -0.25) is 4.79 Å². The van der Waals surface area contributed by atoms with Gasteiger partial charge in [0, 0.05) is 45.4 Å². The van der Waals surface area contributed by atoms with Crippen LogP contribution in [-0.4, -0.2) is 40.1 Å². The van der Waals surface area contributed by atoms with E-state index in [2.05, 4.69) is 9.55 Å². The summed E-state index contributed by atoms with van der Waals surface area (Å²) in [6, 6.07) is 7.90. The van der Waals surface area contributed by atoms with Gasteiger partial charge in [0.2, 0.25) is 0 Å². The van der Waals surface area contributed by atoms with Crippen molar-refractivity contribution in [2.45, 2.75) is 31.9 Å². The molecule has 23 heavy (non-hydrogen) atoms. The lowest BCUT2D eigenvalue weighted by Crippen LogP contribution is -2.42. The summed E-state index contributed by atoms with van der Waals surface area (Å²) >= 11 is 0. The van der Waals surface area contributed by atoms with Crippen LogP contribution in [-0.2, 0) is 24.2 Å². The Balaban J connectivity index is 1.37. The molecule has 0 aliphatic carbocycles. The van der Waals surface area contributed by atoms with Gasteiger partial charge in [-0.25, -0.2) is 4.98 Å². The minimum absolute atomic E-state index is 0.0788. The zero-order valence-corrected chi connectivity index (χ0v) is 13.3. The lowest BCUT2D eigenvalue weighted by Gasteiger charge is -2.29. The Morgan fingerprint density at radius 1 is 1.39 bits per heavy atom. The van der Waals surface area contributed by atoms with Gasteiger partial charge in [-0.15, -0.1) is 0 Å². The van der Waals surface area contributed by atoms with Crippen LogP contribution in [0.5, 0.6) is 5.75 Å². The molecule has 0 N–H and O–H groups in total. The fraction of sp³-hybridized carbons (Fsp3) is 0.444. The Labute approximate surface area is 135 Å². The van der Waals surface area contributed by atoms with E-state index >= 15 is 0 Å². The summed E-state index contributed by atoms with van der Waals surface area (Å²) in [7, 11) is 1.88. The molecule has 2 atom stereocenters. The Morgan fingerprint density at radius 3 is 3.13 bits per heavy atom. The molecule has 0 saturated carbocycles. The molecule has 2 aliphatic heterocycles. The molecule has 5 nitrogen and oxygen atoms in total. The van der Waals surface area contributed by atoms with Crippen LogP contribution >= 0.6 is 0 Å². The number of ether oxygens (including phenoxy) is 1. The molecule has 0 radical (unpaired) electrons. The number of benzene rings is 1. The smallest absolute Gasteiger partial charge is 0.263 e. The molecule has 1 amide bonds. The first kappa shape index (κ1) is 14.3. The van der Waals surface area contributed by atoms with Gasteiger partial charge in [0.05, 0.1) is 0 Å². The number of fused-ring (bicyclic) bond motifs is 2. The van der Waals surface area contributed by atoms with Crippen LogP contribution in [0.1, 0.15) is 17.8 Å². The number of para-hydroxylation sites is 1. The number of amides is 1. The molecule has 2 aliphatic rings. The molecule has 2 aromatic rings. The fourth-order valence-electron chi connectivity index (χ4n) is 3.61. The minimum atomic E-state index is -0.372. The first-order valence-corrected chi connectivity index (χ1v) is 8.20. The molecule has 0 saturated heterocycles. The van der Waals surface area contributed by atoms with Crippen LogP contribution in [0, 0.1) is 5.92 Å². The van der Waals surface area contributed by atoms with Crippen molar-refractivity contribution in [1.29, 1.82) is 0 Å². The van der Waals surface area contributed by atoms with Crippen molar-refractivity contribution in [2.75, 3.05) is 13.6 Å². The second-order valence-corrected chi connectivity index (χ2v) is 6.53. The van der Waals surface area contributed by atoms with Gasteiger partial charge in [0.1, 0.15) is 11.6 Å². The largest absolute Gasteiger partial charge is 0.480 e. The maximum absolute atomic E-state index is 12.7. The summed E-state index contributed by atoms with van der Waals surface area (Å²) in [5.74, 6) is 2.53. The van der Waals surface area contributed by atoms with Crippen LogP contribution < -0.4 is 4.74 Å². The highest BCUT2D eigenvalue weighted by Gasteiger charge is 2.32. The Hall–Kier alpha value is -2.30. The highest BCUT2D eigenvalue weighted by atomic mass is 16.5. The van der Waals surface area contributed by atoms with Crippen molar-refractivity contribution in [3.8, 4) is 5.75 Å². The number of nitrogens with zero attached hydrogens (tertiary/aromatic N) is 3. The average Bonchev–Trinajstić information content (AvgIpc) is 3.19. The molecular formula is C18H21N3O2. The Bertz CT molecular complexity index is 700. The van der Waals surface area contributed by atoms with E-state index in [9.17, 15) is 4.79 Å². The molecule has 0 fully saturated rings. The summed E-state index contributed by atoms with van der Waals surface area (Å²) in [5.41, 5.74) is 1.12. The SMILES string of the molecule is CN(CC1CCn2ccnc2C1)C(=O)C1Cc2ccccc2O1. The van der Waals surface area contributed by atoms with Crippen molar-refractivity contribution in [3.05, 3.63) is 48.0 Å². The predicted octanol–water partition coefficient (Wildman–Crippen LogP) is 1.91. The van der Waals surface area contributed by atoms with Crippen molar-refractivity contribution in [2.24, 2.45) is 5.92 Å². The molecule has 5 heteroatoms. The van der Waals surface area contributed by atoms with Gasteiger partial charge in [-0.1, -0.05) is 18.2 Å². The zero-order chi connectivity index (χ0) is 15.8. The van der Waals surface area contributed by atoms with E-state index < -0.39 is 0 Å². The van der Waals surface area contributed by atoms with E-state index in [1.807, 2.05) is 48.6 Å². The monoisotopic (exact) mass is 311 g/mol. The lowest BCUT2D eigenvalue weighted by atomic mass is 9.97. The van der Waals surface area contributed by atoms with E-state index in [1.165, 1.54) is 0 Å². The normalized spacial score (nSPS) is 22.1. The van der Waals surface area contributed by atoms with Gasteiger partial charge >= 0.3 is 0 Å². The second-order valence-electron chi connectivity index (χ2n) is 6.53. The van der Waals surface area contributed by atoms with Crippen LogP contribution in [0.2, 0.25) is 0 Å². The van der Waals surface area contributed by atoms with Gasteiger partial charge in [-0.05, 0) is 24.0 Å². The van der Waals surface area contributed by atoms with Crippen LogP contribution in [0.15, 0.2) is 36.7 Å². The van der Waals surface area contributed by atoms with Gasteiger partial charge in [0.15, 0.2) is 6.10 Å². The first-order valence-electron chi connectivity index (χ1n) is 8.20. The van der Waals surface area contributed by atoms with Crippen molar-refractivity contribution in [1.82, 2.24) is 14.5 Å². The summed E-state index contributed by atoms with van der Waals surface area (Å²) in [5, 5.41) is 0. The second kappa shape index (κ2) is 5.72. The number of likely N-dealkylation sites (N-methyl/N-ethyl adjacent to an activating group) is 1. The third-order valence-electron chi connectivity index (χ3n) is 4.88. The number of hydrogen-bond donors (Lipinski definition) is 0. The molecule has 4 rings (SSSR count). The van der Waals surface area contributed by atoms with E-state index in [0.717, 1.165) is 43.1 Å². The van der Waals surface area contributed by atoms with Crippen LogP contribution in [0.4, 0.5) is 0 Å². The third kappa shape index (κ3) is 2.71. The van der Waals surface area contributed by atoms with E-state index in [1.54, 1.807) is 0 Å². The minimum Gasteiger partial charge on any atom is -0.480 e. The van der Waals surface area contributed by atoms with Crippen molar-refractivity contribution >= 4 is 5.91 Å². The van der Waals surface area contributed by atoms with Crippen LogP contribution in [0.3, 0.4) is 0 Å². The fourth-order valence-corrected chi connectivity index (χ4v) is 3.61. The molecular weight excluding hydrogens is 290 g/mol. The highest BCUT2D eigenvalue weighted by Crippen LogP contribution is 2.29. The maximum atomic E-state index is 12.7. The van der Waals surface area contributed by atoms with E-state index in [-0.39, 0.29) is 12.0 Å². The van der Waals surface area contributed by atoms with E-state index in [0.29, 0.717) is 12.3 Å². The maximum Gasteiger partial charge on any atom is 0.263 e. The number of aromatic nitrogens is 2. The molecule has 120 valence electrons. The topological polar surface area (TPSA) is 47.4 Å². The number of hydrogen-bond acceptors (Lipinski definition) is 3. The number of aryl methyl sites for hydroxylation is 1. The van der Waals surface area contributed by atoms with Crippen LogP contribution in [0.25, 0.3) is 0 Å². The summed E-state index contributed by atoms with van der Waals surface area (Å²) < 4.78 is 8.02. The average molecular weight is 311 g/mol. The summed E-state index contributed by atoms with van der Waals surface area (Å²) in [6.07, 6.45) is 6.22. The van der Waals surface area contributed by atoms with Gasteiger partial charge in [0.25, 0.3) is 5.91 Å². The van der Waals surface area contributed by atoms with Crippen molar-refractivity contribution in [3.63, 3.8) is 0 Å². The van der Waals surface area contributed by atoms with Crippen molar-refractivity contribution < 1.29 is 9.53 Å². The standard InChI is InChI=1S/C18H21N3O2/c1-20(12-13-6-8-21-9-7-19-17(21)10-13)18(22)16-11-14-4-2-3-5-15(14)23-16/h2-5,7,9,13,16H,6,8,10-12H2,1H3. The Kier molecular flexibility index (Phi) is 3.56. The molecule has 3 heterocycles. The number of carbonyl (C=O) groups excluding carboxylic acids is 1. The molecule has 1 aromatic carbocycles. The lowest BCUT2D eigenvalue weighted by molar-refractivity contribution is -0.137. The van der Waals surface area contributed by atoms with Gasteiger partial charge < -0.3 is 14.2 Å². The molecule has 0 bridgehead atoms. The molecule has 0 spiro atoms. The molecule has 2 unspecified atom stereocenters. The number of carbonyl (C=O) groups is 1. The third-order valence-corrected chi connectivity index (χ3v) is 4.88. The Morgan fingerprint density at radius 2 is 2.26 bits per heavy atom. The first-order chi connectivity index (χ1) is 11.2. The molecule has 1 aromatic heterocycles. The number of imidazole rings is 1. The highest BCUT2D eigenvalue weighted by molar-refractivity contribution is 5.82. The predicted molar refractivity (Wildman–Crippen MR) is 86.2 cm³/mol. The number of rotatable bonds is 3. The summed E-state index contributed by atoms with van der Waals surface area (Å²) in [6.45, 7) is 1.76. The zero-order valence-electron chi connectivity index (χ0n) is 13.3. The summed E-state index contributed by atoms with van der Waals surface area (Å²) in [4.78, 5) is 18.9. The quantitative estimate of drug-likeness (QED) is 0.870.